The van der Waals surface area contributed by atoms with Gasteiger partial charge in [0.2, 0.25) is 5.95 Å². The second kappa shape index (κ2) is 12.0. The average molecular weight is 701 g/mol. The number of alkyl halides is 8. The first kappa shape index (κ1) is 34.2. The van der Waals surface area contributed by atoms with Gasteiger partial charge in [-0.25, -0.2) is 23.5 Å². The number of hydrogen-bond donors (Lipinski definition) is 1. The fourth-order valence-electron chi connectivity index (χ4n) is 6.54. The second-order valence-corrected chi connectivity index (χ2v) is 12.3. The molecule has 262 valence electrons. The van der Waals surface area contributed by atoms with E-state index in [0.29, 0.717) is 36.3 Å². The maximum Gasteiger partial charge on any atom is 0.416 e. The van der Waals surface area contributed by atoms with Gasteiger partial charge in [-0.1, -0.05) is 0 Å². The molecule has 0 bridgehead atoms. The normalized spacial score (nSPS) is 21.8. The number of aryl methyl sites for hydroxylation is 1. The molecular weight excluding hydrogens is 672 g/mol. The zero-order valence-electron chi connectivity index (χ0n) is 25.8. The number of cyclic esters (lactones) is 1. The van der Waals surface area contributed by atoms with Gasteiger partial charge in [0.05, 0.1) is 56.0 Å². The van der Waals surface area contributed by atoms with Crippen LogP contribution in [-0.2, 0) is 34.8 Å². The van der Waals surface area contributed by atoms with Gasteiger partial charge < -0.3 is 19.5 Å². The van der Waals surface area contributed by atoms with Crippen LogP contribution in [0.15, 0.2) is 36.5 Å². The summed E-state index contributed by atoms with van der Waals surface area (Å²) in [5.74, 6) is -4.04. The number of aliphatic carboxylic acids is 1. The summed E-state index contributed by atoms with van der Waals surface area (Å²) in [6.45, 7) is -0.374. The van der Waals surface area contributed by atoms with Crippen LogP contribution in [0, 0.1) is 0 Å². The molecule has 49 heavy (non-hydrogen) atoms. The molecule has 17 heteroatoms. The predicted octanol–water partition coefficient (Wildman–Crippen LogP) is 7.23. The van der Waals surface area contributed by atoms with Crippen molar-refractivity contribution in [2.24, 2.45) is 0 Å². The highest BCUT2D eigenvalue weighted by molar-refractivity contribution is 5.77. The lowest BCUT2D eigenvalue weighted by Crippen LogP contribution is -2.57. The van der Waals surface area contributed by atoms with Crippen LogP contribution in [0.1, 0.15) is 65.3 Å². The number of hydrogen-bond acceptors (Lipinski definition) is 7. The van der Waals surface area contributed by atoms with Crippen molar-refractivity contribution < 1.29 is 59.3 Å². The summed E-state index contributed by atoms with van der Waals surface area (Å²) in [5.41, 5.74) is -1.28. The molecule has 3 aromatic rings. The van der Waals surface area contributed by atoms with E-state index in [1.54, 1.807) is 12.1 Å². The molecule has 2 saturated heterocycles. The van der Waals surface area contributed by atoms with Crippen molar-refractivity contribution in [2.75, 3.05) is 25.1 Å². The summed E-state index contributed by atoms with van der Waals surface area (Å²) < 4.78 is 120. The summed E-state index contributed by atoms with van der Waals surface area (Å²) in [5, 5.41) is 9.44. The Hall–Kier alpha value is -4.70. The third kappa shape index (κ3) is 6.66. The molecule has 3 aliphatic rings. The highest BCUT2D eigenvalue weighted by atomic mass is 19.4. The van der Waals surface area contributed by atoms with Gasteiger partial charge in [-0.2, -0.15) is 26.3 Å². The fraction of sp³-hybridized carbons (Fsp3) is 0.438. The molecule has 6 rings (SSSR count). The lowest BCUT2D eigenvalue weighted by Gasteiger charge is -2.38. The van der Waals surface area contributed by atoms with Crippen LogP contribution in [0.4, 0.5) is 45.9 Å². The van der Waals surface area contributed by atoms with Crippen LogP contribution < -0.4 is 9.64 Å². The van der Waals surface area contributed by atoms with Crippen molar-refractivity contribution >= 4 is 18.0 Å². The standard InChI is InChI=1S/C32H28F8N4O5/c1-15-27(18-5-19(31(35,36)37)9-20(6-18)32(38,39)40)49-29(47)44(15)12-24-23(11-41-28(42-24)43-13-30(33,34)14-43)22-10-21-16(7-25(22)48-2)3-4-17(21)8-26(45)46/h5-7,9-11,15,17,27H,3-4,8,12-14H2,1-2H3,(H,45,46)/t15-,17-,27-/m0/s1. The Labute approximate surface area is 273 Å². The molecule has 2 aliphatic heterocycles. The molecule has 1 amide bonds. The number of halogens is 8. The van der Waals surface area contributed by atoms with Gasteiger partial charge >= 0.3 is 24.4 Å². The van der Waals surface area contributed by atoms with Crippen LogP contribution in [0.2, 0.25) is 0 Å². The van der Waals surface area contributed by atoms with Gasteiger partial charge in [0.15, 0.2) is 0 Å². The van der Waals surface area contributed by atoms with Crippen molar-refractivity contribution in [3.8, 4) is 16.9 Å². The Kier molecular flexibility index (Phi) is 8.38. The first-order valence-electron chi connectivity index (χ1n) is 15.0. The van der Waals surface area contributed by atoms with Gasteiger partial charge in [-0.15, -0.1) is 0 Å². The smallest absolute Gasteiger partial charge is 0.416 e. The zero-order chi connectivity index (χ0) is 35.6. The van der Waals surface area contributed by atoms with Crippen LogP contribution in [0.3, 0.4) is 0 Å². The minimum atomic E-state index is -5.13. The number of benzene rings is 2. The van der Waals surface area contributed by atoms with Crippen molar-refractivity contribution in [1.29, 1.82) is 0 Å². The molecule has 0 saturated carbocycles. The minimum absolute atomic E-state index is 0.0261. The third-order valence-electron chi connectivity index (χ3n) is 9.01. The number of carbonyl (C=O) groups is 2. The Bertz CT molecular complexity index is 1770. The van der Waals surface area contributed by atoms with E-state index in [9.17, 15) is 49.8 Å². The average Bonchev–Trinajstić information content (AvgIpc) is 3.52. The highest BCUT2D eigenvalue weighted by Crippen LogP contribution is 2.45. The predicted molar refractivity (Wildman–Crippen MR) is 155 cm³/mol. The molecule has 9 nitrogen and oxygen atoms in total. The molecule has 3 heterocycles. The Morgan fingerprint density at radius 3 is 2.27 bits per heavy atom. The third-order valence-corrected chi connectivity index (χ3v) is 9.01. The molecule has 0 spiro atoms. The van der Waals surface area contributed by atoms with E-state index in [1.165, 1.54) is 25.1 Å². The number of fused-ring (bicyclic) bond motifs is 1. The minimum Gasteiger partial charge on any atom is -0.496 e. The Balaban J connectivity index is 1.40. The number of ether oxygens (including phenoxy) is 2. The summed E-state index contributed by atoms with van der Waals surface area (Å²) in [6, 6.07) is 3.32. The highest BCUT2D eigenvalue weighted by Gasteiger charge is 2.46. The Morgan fingerprint density at radius 1 is 1.04 bits per heavy atom. The van der Waals surface area contributed by atoms with Gasteiger partial charge in [-0.3, -0.25) is 9.69 Å². The van der Waals surface area contributed by atoms with Gasteiger partial charge in [-0.05, 0) is 72.7 Å². The van der Waals surface area contributed by atoms with E-state index in [0.717, 1.165) is 16.0 Å². The SMILES string of the molecule is COc1cc2c(cc1-c1cnc(N3CC(F)(F)C3)nc1CN1C(=O)O[C@H](c3cc(C(F)(F)F)cc(C(F)(F)F)c3)[C@@H]1C)[C@H](CC(=O)O)CC2. The maximum absolute atomic E-state index is 13.7. The van der Waals surface area contributed by atoms with E-state index >= 15 is 0 Å². The number of carboxylic acids is 1. The number of anilines is 1. The lowest BCUT2D eigenvalue weighted by molar-refractivity contribution is -0.143. The number of carbonyl (C=O) groups excluding carboxylic acids is 1. The monoisotopic (exact) mass is 700 g/mol. The van der Waals surface area contributed by atoms with E-state index in [-0.39, 0.29) is 35.6 Å². The van der Waals surface area contributed by atoms with Crippen LogP contribution in [0.25, 0.3) is 11.1 Å². The van der Waals surface area contributed by atoms with Crippen molar-refractivity contribution in [3.05, 3.63) is 70.0 Å². The Morgan fingerprint density at radius 2 is 1.69 bits per heavy atom. The van der Waals surface area contributed by atoms with E-state index < -0.39 is 78.8 Å². The van der Waals surface area contributed by atoms with Crippen molar-refractivity contribution in [3.63, 3.8) is 0 Å². The van der Waals surface area contributed by atoms with E-state index in [1.807, 2.05) is 0 Å². The van der Waals surface area contributed by atoms with Gasteiger partial charge in [0, 0.05) is 17.3 Å². The first-order chi connectivity index (χ1) is 22.8. The van der Waals surface area contributed by atoms with Crippen molar-refractivity contribution in [1.82, 2.24) is 14.9 Å². The molecule has 1 aliphatic carbocycles. The quantitative estimate of drug-likeness (QED) is 0.246. The van der Waals surface area contributed by atoms with E-state index in [2.05, 4.69) is 9.97 Å². The molecule has 2 fully saturated rings. The number of rotatable bonds is 8. The number of amides is 1. The summed E-state index contributed by atoms with van der Waals surface area (Å²) in [4.78, 5) is 35.7. The molecule has 3 atom stereocenters. The molecule has 2 aromatic carbocycles. The summed E-state index contributed by atoms with van der Waals surface area (Å²) >= 11 is 0. The molecule has 0 unspecified atom stereocenters. The first-order valence-corrected chi connectivity index (χ1v) is 15.0. The fourth-order valence-corrected chi connectivity index (χ4v) is 6.54. The van der Waals surface area contributed by atoms with Crippen LogP contribution in [0.5, 0.6) is 5.75 Å². The number of carboxylic acid groups (broad SMARTS) is 1. The van der Waals surface area contributed by atoms with E-state index in [4.69, 9.17) is 9.47 Å². The number of nitrogens with zero attached hydrogens (tertiary/aromatic N) is 4. The van der Waals surface area contributed by atoms with Crippen LogP contribution in [-0.4, -0.2) is 64.2 Å². The van der Waals surface area contributed by atoms with Crippen LogP contribution >= 0.6 is 0 Å². The van der Waals surface area contributed by atoms with Gasteiger partial charge in [0.1, 0.15) is 11.9 Å². The van der Waals surface area contributed by atoms with Crippen molar-refractivity contribution in [2.45, 2.75) is 69.1 Å². The lowest BCUT2D eigenvalue weighted by atomic mass is 9.93. The molecule has 0 radical (unpaired) electrons. The molecule has 1 aromatic heterocycles. The maximum atomic E-state index is 13.7. The van der Waals surface area contributed by atoms with Gasteiger partial charge in [0.25, 0.3) is 5.92 Å². The summed E-state index contributed by atoms with van der Waals surface area (Å²) in [7, 11) is 1.40. The summed E-state index contributed by atoms with van der Waals surface area (Å²) in [6.07, 6.45) is -10.5. The zero-order valence-corrected chi connectivity index (χ0v) is 25.8. The second-order valence-electron chi connectivity index (χ2n) is 12.3. The topological polar surface area (TPSA) is 105 Å². The largest absolute Gasteiger partial charge is 0.496 e. The molecular formula is C32H28F8N4O5. The molecule has 1 N–H and O–H groups in total. The number of aromatic nitrogens is 2. The number of methoxy groups -OCH3 is 1.